The molecule has 3 N–H and O–H groups in total. The van der Waals surface area contributed by atoms with E-state index in [9.17, 15) is 8.42 Å². The molecule has 2 rings (SSSR count). The number of aromatic nitrogens is 2. The van der Waals surface area contributed by atoms with E-state index in [2.05, 4.69) is 16.6 Å². The predicted octanol–water partition coefficient (Wildman–Crippen LogP) is 0.717. The molecule has 1 heterocycles. The molecular formula is C11H20N4O2S. The summed E-state index contributed by atoms with van der Waals surface area (Å²) < 4.78 is 28.3. The van der Waals surface area contributed by atoms with Crippen molar-refractivity contribution in [3.05, 3.63) is 6.33 Å². The Hall–Kier alpha value is -1.08. The van der Waals surface area contributed by atoms with Crippen LogP contribution in [-0.2, 0) is 17.1 Å². The highest BCUT2D eigenvalue weighted by Crippen LogP contribution is 2.30. The van der Waals surface area contributed by atoms with E-state index >= 15 is 0 Å². The molecule has 2 atom stereocenters. The van der Waals surface area contributed by atoms with E-state index < -0.39 is 10.0 Å². The third-order valence-corrected chi connectivity index (χ3v) is 5.08. The number of imidazole rings is 1. The lowest BCUT2D eigenvalue weighted by Crippen LogP contribution is -2.30. The zero-order chi connectivity index (χ0) is 13.3. The van der Waals surface area contributed by atoms with Crippen LogP contribution < -0.4 is 10.5 Å². The summed E-state index contributed by atoms with van der Waals surface area (Å²) in [7, 11) is -1.94. The second-order valence-electron chi connectivity index (χ2n) is 5.18. The Labute approximate surface area is 108 Å². The second kappa shape index (κ2) is 4.89. The van der Waals surface area contributed by atoms with E-state index in [-0.39, 0.29) is 10.8 Å². The molecule has 1 aliphatic carbocycles. The summed E-state index contributed by atoms with van der Waals surface area (Å²) in [6.07, 6.45) is 4.76. The lowest BCUT2D eigenvalue weighted by atomic mass is 10.1. The smallest absolute Gasteiger partial charge is 0.260 e. The van der Waals surface area contributed by atoms with Crippen LogP contribution in [0.5, 0.6) is 0 Å². The van der Waals surface area contributed by atoms with Crippen molar-refractivity contribution in [3.63, 3.8) is 0 Å². The fourth-order valence-electron chi connectivity index (χ4n) is 2.57. The average molecular weight is 272 g/mol. The minimum absolute atomic E-state index is 0.0461. The van der Waals surface area contributed by atoms with Gasteiger partial charge in [0, 0.05) is 13.6 Å². The van der Waals surface area contributed by atoms with Crippen molar-refractivity contribution in [1.82, 2.24) is 14.3 Å². The highest BCUT2D eigenvalue weighted by molar-refractivity contribution is 7.89. The minimum atomic E-state index is -3.56. The van der Waals surface area contributed by atoms with Gasteiger partial charge in [-0.05, 0) is 24.7 Å². The lowest BCUT2D eigenvalue weighted by Gasteiger charge is -2.12. The first kappa shape index (κ1) is 13.4. The molecular weight excluding hydrogens is 252 g/mol. The summed E-state index contributed by atoms with van der Waals surface area (Å²) >= 11 is 0. The molecule has 1 saturated carbocycles. The first-order valence-electron chi connectivity index (χ1n) is 6.16. The van der Waals surface area contributed by atoms with Crippen molar-refractivity contribution in [2.24, 2.45) is 18.9 Å². The van der Waals surface area contributed by atoms with E-state index in [0.29, 0.717) is 18.4 Å². The van der Waals surface area contributed by atoms with Crippen molar-refractivity contribution in [3.8, 4) is 0 Å². The van der Waals surface area contributed by atoms with E-state index in [1.165, 1.54) is 17.3 Å². The normalized spacial score (nSPS) is 24.6. The van der Waals surface area contributed by atoms with E-state index in [1.54, 1.807) is 7.05 Å². The molecule has 2 unspecified atom stereocenters. The Bertz CT molecular complexity index is 504. The fourth-order valence-corrected chi connectivity index (χ4v) is 3.92. The van der Waals surface area contributed by atoms with Crippen LogP contribution in [0.15, 0.2) is 11.4 Å². The molecule has 1 aromatic rings. The largest absolute Gasteiger partial charge is 0.381 e. The Balaban J connectivity index is 2.04. The van der Waals surface area contributed by atoms with Crippen LogP contribution in [0.2, 0.25) is 0 Å². The maximum atomic E-state index is 12.1. The Morgan fingerprint density at radius 1 is 1.56 bits per heavy atom. The van der Waals surface area contributed by atoms with Gasteiger partial charge in [-0.15, -0.1) is 0 Å². The van der Waals surface area contributed by atoms with E-state index in [1.807, 2.05) is 0 Å². The summed E-state index contributed by atoms with van der Waals surface area (Å²) in [4.78, 5) is 3.80. The summed E-state index contributed by atoms with van der Waals surface area (Å²) in [5.74, 6) is 1.18. The molecule has 7 heteroatoms. The maximum absolute atomic E-state index is 12.1. The van der Waals surface area contributed by atoms with Crippen LogP contribution in [0, 0.1) is 11.8 Å². The molecule has 1 fully saturated rings. The number of nitrogens with one attached hydrogen (secondary N) is 1. The summed E-state index contributed by atoms with van der Waals surface area (Å²) in [6.45, 7) is 2.69. The van der Waals surface area contributed by atoms with Crippen molar-refractivity contribution >= 4 is 15.8 Å². The third kappa shape index (κ3) is 2.67. The predicted molar refractivity (Wildman–Crippen MR) is 69.3 cm³/mol. The van der Waals surface area contributed by atoms with Gasteiger partial charge in [0.1, 0.15) is 0 Å². The monoisotopic (exact) mass is 272 g/mol. The van der Waals surface area contributed by atoms with Gasteiger partial charge in [-0.2, -0.15) is 0 Å². The number of hydrogen-bond donors (Lipinski definition) is 2. The molecule has 18 heavy (non-hydrogen) atoms. The van der Waals surface area contributed by atoms with Gasteiger partial charge in [-0.3, -0.25) is 0 Å². The van der Waals surface area contributed by atoms with Crippen molar-refractivity contribution in [1.29, 1.82) is 0 Å². The number of nitrogens with zero attached hydrogens (tertiary/aromatic N) is 2. The molecule has 6 nitrogen and oxygen atoms in total. The fraction of sp³-hybridized carbons (Fsp3) is 0.727. The van der Waals surface area contributed by atoms with Gasteiger partial charge in [0.15, 0.2) is 10.8 Å². The van der Waals surface area contributed by atoms with Crippen LogP contribution in [0.3, 0.4) is 0 Å². The van der Waals surface area contributed by atoms with Crippen molar-refractivity contribution in [2.45, 2.75) is 31.2 Å². The standard InChI is InChI=1S/C11H20N4O2S/c1-8-3-4-9(5-8)6-14-18(16,17)11-10(12)13-7-15(11)2/h7-9,14H,3-6,12H2,1-2H3. The molecule has 102 valence electrons. The molecule has 1 aliphatic rings. The first-order valence-corrected chi connectivity index (χ1v) is 7.65. The molecule has 0 bridgehead atoms. The average Bonchev–Trinajstić information content (AvgIpc) is 2.83. The Morgan fingerprint density at radius 3 is 2.78 bits per heavy atom. The number of hydrogen-bond acceptors (Lipinski definition) is 4. The van der Waals surface area contributed by atoms with Gasteiger partial charge in [-0.25, -0.2) is 18.1 Å². The third-order valence-electron chi connectivity index (χ3n) is 3.53. The molecule has 0 amide bonds. The van der Waals surface area contributed by atoms with Crippen LogP contribution in [0.4, 0.5) is 5.82 Å². The van der Waals surface area contributed by atoms with Gasteiger partial charge in [0.2, 0.25) is 0 Å². The van der Waals surface area contributed by atoms with Crippen LogP contribution in [0.25, 0.3) is 0 Å². The van der Waals surface area contributed by atoms with Gasteiger partial charge in [-0.1, -0.05) is 13.3 Å². The number of nitrogens with two attached hydrogens (primary N) is 1. The van der Waals surface area contributed by atoms with Gasteiger partial charge >= 0.3 is 0 Å². The topological polar surface area (TPSA) is 90.0 Å². The number of nitrogen functional groups attached to an aromatic ring is 1. The number of aryl methyl sites for hydroxylation is 1. The van der Waals surface area contributed by atoms with E-state index in [0.717, 1.165) is 12.8 Å². The van der Waals surface area contributed by atoms with Crippen LogP contribution >= 0.6 is 0 Å². The summed E-state index contributed by atoms with van der Waals surface area (Å²) in [5, 5.41) is 0.0496. The number of anilines is 1. The minimum Gasteiger partial charge on any atom is -0.381 e. The number of sulfonamides is 1. The van der Waals surface area contributed by atoms with Gasteiger partial charge in [0.25, 0.3) is 10.0 Å². The highest BCUT2D eigenvalue weighted by atomic mass is 32.2. The van der Waals surface area contributed by atoms with E-state index in [4.69, 9.17) is 5.73 Å². The SMILES string of the molecule is CC1CCC(CNS(=O)(=O)c2c(N)ncn2C)C1. The van der Waals surface area contributed by atoms with Gasteiger partial charge < -0.3 is 10.3 Å². The van der Waals surface area contributed by atoms with Gasteiger partial charge in [0.05, 0.1) is 6.33 Å². The molecule has 0 radical (unpaired) electrons. The second-order valence-corrected chi connectivity index (χ2v) is 6.86. The molecule has 0 aromatic carbocycles. The van der Waals surface area contributed by atoms with Crippen LogP contribution in [0.1, 0.15) is 26.2 Å². The first-order chi connectivity index (χ1) is 8.40. The quantitative estimate of drug-likeness (QED) is 0.845. The molecule has 1 aromatic heterocycles. The van der Waals surface area contributed by atoms with Crippen LogP contribution in [-0.4, -0.2) is 24.5 Å². The Morgan fingerprint density at radius 2 is 2.28 bits per heavy atom. The molecule has 0 saturated heterocycles. The summed E-state index contributed by atoms with van der Waals surface area (Å²) in [6, 6.07) is 0. The zero-order valence-electron chi connectivity index (χ0n) is 10.8. The lowest BCUT2D eigenvalue weighted by molar-refractivity contribution is 0.496. The molecule has 0 spiro atoms. The number of rotatable bonds is 4. The Kier molecular flexibility index (Phi) is 3.63. The zero-order valence-corrected chi connectivity index (χ0v) is 11.6. The maximum Gasteiger partial charge on any atom is 0.260 e. The highest BCUT2D eigenvalue weighted by Gasteiger charge is 2.26. The summed E-state index contributed by atoms with van der Waals surface area (Å²) in [5.41, 5.74) is 5.58. The molecule has 0 aliphatic heterocycles. The van der Waals surface area contributed by atoms with Crippen molar-refractivity contribution in [2.75, 3.05) is 12.3 Å². The van der Waals surface area contributed by atoms with Crippen molar-refractivity contribution < 1.29 is 8.42 Å².